The van der Waals surface area contributed by atoms with Crippen molar-refractivity contribution in [2.45, 2.75) is 6.92 Å². The molecule has 0 saturated heterocycles. The van der Waals surface area contributed by atoms with Crippen molar-refractivity contribution in [3.8, 4) is 0 Å². The minimum atomic E-state index is -1.08. The zero-order valence-electron chi connectivity index (χ0n) is 5.83. The van der Waals surface area contributed by atoms with E-state index in [-0.39, 0.29) is 11.3 Å². The third-order valence-corrected chi connectivity index (χ3v) is 1.27. The van der Waals surface area contributed by atoms with Crippen LogP contribution in [0.3, 0.4) is 0 Å². The SMILES string of the molecule is C/C(C(=O)O)=C1/C=CC(=O)O1. The molecule has 1 heterocycles. The number of ether oxygens (including phenoxy) is 1. The summed E-state index contributed by atoms with van der Waals surface area (Å²) in [5.74, 6) is -1.50. The van der Waals surface area contributed by atoms with Crippen LogP contribution >= 0.6 is 0 Å². The van der Waals surface area contributed by atoms with Gasteiger partial charge in [0.25, 0.3) is 0 Å². The number of rotatable bonds is 1. The Labute approximate surface area is 62.8 Å². The molecule has 0 aliphatic carbocycles. The number of hydrogen-bond acceptors (Lipinski definition) is 3. The second-order valence-corrected chi connectivity index (χ2v) is 2.05. The Morgan fingerprint density at radius 3 is 2.55 bits per heavy atom. The molecule has 4 heteroatoms. The minimum absolute atomic E-state index is 0.0344. The van der Waals surface area contributed by atoms with E-state index in [0.29, 0.717) is 0 Å². The monoisotopic (exact) mass is 154 g/mol. The maximum atomic E-state index is 10.4. The average Bonchev–Trinajstić information content (AvgIpc) is 2.34. The van der Waals surface area contributed by atoms with Crippen molar-refractivity contribution < 1.29 is 19.4 Å². The van der Waals surface area contributed by atoms with Gasteiger partial charge < -0.3 is 9.84 Å². The first-order chi connectivity index (χ1) is 5.11. The number of carboxylic acid groups (broad SMARTS) is 1. The number of carbonyl (C=O) groups excluding carboxylic acids is 1. The van der Waals surface area contributed by atoms with Gasteiger partial charge >= 0.3 is 11.9 Å². The molecule has 0 atom stereocenters. The van der Waals surface area contributed by atoms with Crippen molar-refractivity contribution in [2.75, 3.05) is 0 Å². The van der Waals surface area contributed by atoms with Crippen molar-refractivity contribution in [2.24, 2.45) is 0 Å². The number of allylic oxidation sites excluding steroid dienone is 1. The fourth-order valence-corrected chi connectivity index (χ4v) is 0.627. The first kappa shape index (κ1) is 7.53. The largest absolute Gasteiger partial charge is 0.478 e. The third-order valence-electron chi connectivity index (χ3n) is 1.27. The lowest BCUT2D eigenvalue weighted by Gasteiger charge is -1.97. The van der Waals surface area contributed by atoms with E-state index >= 15 is 0 Å². The molecule has 0 unspecified atom stereocenters. The normalized spacial score (nSPS) is 19.9. The number of hydrogen-bond donors (Lipinski definition) is 1. The maximum absolute atomic E-state index is 10.4. The van der Waals surface area contributed by atoms with Crippen LogP contribution in [0.2, 0.25) is 0 Å². The predicted molar refractivity (Wildman–Crippen MR) is 35.6 cm³/mol. The van der Waals surface area contributed by atoms with Crippen LogP contribution in [0.25, 0.3) is 0 Å². The Morgan fingerprint density at radius 2 is 2.18 bits per heavy atom. The number of cyclic esters (lactones) is 1. The number of aliphatic carboxylic acids is 1. The molecule has 0 saturated carbocycles. The van der Waals surface area contributed by atoms with Gasteiger partial charge in [-0.2, -0.15) is 0 Å². The molecule has 0 aromatic heterocycles. The molecule has 11 heavy (non-hydrogen) atoms. The van der Waals surface area contributed by atoms with Crippen LogP contribution in [0.4, 0.5) is 0 Å². The van der Waals surface area contributed by atoms with E-state index in [1.165, 1.54) is 19.1 Å². The zero-order valence-corrected chi connectivity index (χ0v) is 5.83. The van der Waals surface area contributed by atoms with E-state index < -0.39 is 11.9 Å². The summed E-state index contributed by atoms with van der Waals surface area (Å²) in [6.07, 6.45) is 2.52. The van der Waals surface area contributed by atoms with E-state index in [2.05, 4.69) is 4.74 Å². The van der Waals surface area contributed by atoms with Crippen LogP contribution < -0.4 is 0 Å². The highest BCUT2D eigenvalue weighted by molar-refractivity contribution is 5.92. The second kappa shape index (κ2) is 2.57. The van der Waals surface area contributed by atoms with Gasteiger partial charge in [0.2, 0.25) is 0 Å². The van der Waals surface area contributed by atoms with Crippen molar-refractivity contribution >= 4 is 11.9 Å². The zero-order chi connectivity index (χ0) is 8.43. The van der Waals surface area contributed by atoms with Crippen LogP contribution in [-0.2, 0) is 14.3 Å². The Hall–Kier alpha value is -1.58. The lowest BCUT2D eigenvalue weighted by atomic mass is 10.2. The Morgan fingerprint density at radius 1 is 1.55 bits per heavy atom. The van der Waals surface area contributed by atoms with Gasteiger partial charge in [0.05, 0.1) is 5.57 Å². The van der Waals surface area contributed by atoms with Crippen LogP contribution in [0, 0.1) is 0 Å². The van der Waals surface area contributed by atoms with Gasteiger partial charge in [-0.15, -0.1) is 0 Å². The van der Waals surface area contributed by atoms with Crippen molar-refractivity contribution in [1.82, 2.24) is 0 Å². The molecule has 0 aromatic carbocycles. The summed E-state index contributed by atoms with van der Waals surface area (Å²) >= 11 is 0. The third kappa shape index (κ3) is 1.46. The standard InChI is InChI=1S/C7H6O4/c1-4(7(9)10)5-2-3-6(8)11-5/h2-3H,1H3,(H,9,10)/b5-4+. The fraction of sp³-hybridized carbons (Fsp3) is 0.143. The van der Waals surface area contributed by atoms with Crippen LogP contribution in [0.5, 0.6) is 0 Å². The van der Waals surface area contributed by atoms with Crippen molar-refractivity contribution in [3.05, 3.63) is 23.5 Å². The molecule has 0 spiro atoms. The van der Waals surface area contributed by atoms with Gasteiger partial charge in [0.15, 0.2) is 0 Å². The number of carbonyl (C=O) groups is 2. The lowest BCUT2D eigenvalue weighted by Crippen LogP contribution is -2.01. The van der Waals surface area contributed by atoms with E-state index in [1.807, 2.05) is 0 Å². The molecule has 58 valence electrons. The van der Waals surface area contributed by atoms with Crippen molar-refractivity contribution in [1.29, 1.82) is 0 Å². The summed E-state index contributed by atoms with van der Waals surface area (Å²) in [6.45, 7) is 1.38. The summed E-state index contributed by atoms with van der Waals surface area (Å²) in [6, 6.07) is 0. The van der Waals surface area contributed by atoms with Crippen molar-refractivity contribution in [3.63, 3.8) is 0 Å². The molecule has 1 rings (SSSR count). The highest BCUT2D eigenvalue weighted by Gasteiger charge is 2.15. The molecule has 0 aromatic rings. The summed E-state index contributed by atoms with van der Waals surface area (Å²) in [4.78, 5) is 20.8. The highest BCUT2D eigenvalue weighted by Crippen LogP contribution is 2.13. The molecule has 1 aliphatic rings. The van der Waals surface area contributed by atoms with E-state index in [1.54, 1.807) is 0 Å². The van der Waals surface area contributed by atoms with Gasteiger partial charge in [-0.25, -0.2) is 9.59 Å². The molecule has 4 nitrogen and oxygen atoms in total. The molecule has 0 radical (unpaired) electrons. The molecule has 0 bridgehead atoms. The molecule has 0 amide bonds. The smallest absolute Gasteiger partial charge is 0.336 e. The van der Waals surface area contributed by atoms with Crippen LogP contribution in [-0.4, -0.2) is 17.0 Å². The first-order valence-electron chi connectivity index (χ1n) is 2.95. The fourth-order valence-electron chi connectivity index (χ4n) is 0.627. The average molecular weight is 154 g/mol. The Balaban J connectivity index is 2.92. The molecule has 0 fully saturated rings. The summed E-state index contributed by atoms with van der Waals surface area (Å²) in [5, 5.41) is 8.45. The van der Waals surface area contributed by atoms with Gasteiger partial charge in [0, 0.05) is 6.08 Å². The van der Waals surface area contributed by atoms with Gasteiger partial charge in [-0.1, -0.05) is 0 Å². The molecular weight excluding hydrogens is 148 g/mol. The number of carboxylic acids is 1. The van der Waals surface area contributed by atoms with E-state index in [9.17, 15) is 9.59 Å². The topological polar surface area (TPSA) is 63.6 Å². The lowest BCUT2D eigenvalue weighted by molar-refractivity contribution is -0.133. The Kier molecular flexibility index (Phi) is 1.76. The summed E-state index contributed by atoms with van der Waals surface area (Å²) < 4.78 is 4.53. The van der Waals surface area contributed by atoms with Gasteiger partial charge in [0.1, 0.15) is 5.76 Å². The first-order valence-corrected chi connectivity index (χ1v) is 2.95. The Bertz CT molecular complexity index is 272. The summed E-state index contributed by atoms with van der Waals surface area (Å²) in [7, 11) is 0. The van der Waals surface area contributed by atoms with E-state index in [4.69, 9.17) is 5.11 Å². The molecule has 1 N–H and O–H groups in total. The van der Waals surface area contributed by atoms with E-state index in [0.717, 1.165) is 0 Å². The predicted octanol–water partition coefficient (Wildman–Crippen LogP) is 0.458. The quantitative estimate of drug-likeness (QED) is 0.440. The van der Waals surface area contributed by atoms with Crippen LogP contribution in [0.15, 0.2) is 23.5 Å². The maximum Gasteiger partial charge on any atom is 0.336 e. The van der Waals surface area contributed by atoms with Gasteiger partial charge in [-0.3, -0.25) is 0 Å². The number of esters is 1. The second-order valence-electron chi connectivity index (χ2n) is 2.05. The van der Waals surface area contributed by atoms with Gasteiger partial charge in [-0.05, 0) is 13.0 Å². The highest BCUT2D eigenvalue weighted by atomic mass is 16.5. The minimum Gasteiger partial charge on any atom is -0.478 e. The summed E-state index contributed by atoms with van der Waals surface area (Å²) in [5.41, 5.74) is 0.0344. The van der Waals surface area contributed by atoms with Crippen LogP contribution in [0.1, 0.15) is 6.92 Å². The molecular formula is C7H6O4. The molecule has 1 aliphatic heterocycles.